The van der Waals surface area contributed by atoms with Crippen LogP contribution in [0, 0.1) is 0 Å². The Morgan fingerprint density at radius 3 is 2.45 bits per heavy atom. The van der Waals surface area contributed by atoms with Crippen molar-refractivity contribution < 1.29 is 13.2 Å². The van der Waals surface area contributed by atoms with Crippen molar-refractivity contribution in [3.05, 3.63) is 41.3 Å². The Morgan fingerprint density at radius 2 is 1.90 bits per heavy atom. The first-order valence-electron chi connectivity index (χ1n) is 5.74. The number of sulfonamides is 1. The van der Waals surface area contributed by atoms with Gasteiger partial charge in [-0.3, -0.25) is 4.72 Å². The molecular formula is C12H12BrN3O3S. The Labute approximate surface area is 125 Å². The number of halogens is 1. The van der Waals surface area contributed by atoms with Crippen LogP contribution in [-0.4, -0.2) is 25.0 Å². The van der Waals surface area contributed by atoms with E-state index in [0.29, 0.717) is 17.0 Å². The van der Waals surface area contributed by atoms with Gasteiger partial charge in [0.1, 0.15) is 10.4 Å². The number of aromatic nitrogens is 2. The summed E-state index contributed by atoms with van der Waals surface area (Å²) in [5, 5.41) is 0. The van der Waals surface area contributed by atoms with E-state index in [1.807, 2.05) is 6.92 Å². The highest BCUT2D eigenvalue weighted by atomic mass is 79.9. The number of hydrogen-bond donors (Lipinski definition) is 1. The summed E-state index contributed by atoms with van der Waals surface area (Å²) in [5.41, 5.74) is 0. The number of rotatable bonds is 5. The SMILES string of the molecule is CCOc1ccc(S(=O)(=O)Nc2cnc(Br)cn2)cc1. The van der Waals surface area contributed by atoms with E-state index in [9.17, 15) is 8.42 Å². The molecule has 0 unspecified atom stereocenters. The highest BCUT2D eigenvalue weighted by Gasteiger charge is 2.15. The number of nitrogens with one attached hydrogen (secondary N) is 1. The molecule has 0 spiro atoms. The summed E-state index contributed by atoms with van der Waals surface area (Å²) in [5.74, 6) is 0.775. The minimum Gasteiger partial charge on any atom is -0.494 e. The van der Waals surface area contributed by atoms with Gasteiger partial charge in [0.05, 0.1) is 23.9 Å². The minimum absolute atomic E-state index is 0.130. The molecule has 0 fully saturated rings. The van der Waals surface area contributed by atoms with Gasteiger partial charge in [-0.25, -0.2) is 18.4 Å². The number of hydrogen-bond acceptors (Lipinski definition) is 5. The van der Waals surface area contributed by atoms with Crippen molar-refractivity contribution in [3.8, 4) is 5.75 Å². The van der Waals surface area contributed by atoms with Gasteiger partial charge in [-0.15, -0.1) is 0 Å². The van der Waals surface area contributed by atoms with Crippen LogP contribution in [0.4, 0.5) is 5.82 Å². The van der Waals surface area contributed by atoms with E-state index in [2.05, 4.69) is 30.6 Å². The second-order valence-electron chi connectivity index (χ2n) is 3.73. The lowest BCUT2D eigenvalue weighted by Gasteiger charge is -2.08. The van der Waals surface area contributed by atoms with E-state index >= 15 is 0 Å². The third kappa shape index (κ3) is 3.67. The Bertz CT molecular complexity index is 672. The predicted octanol–water partition coefficient (Wildman–Crippen LogP) is 2.44. The van der Waals surface area contributed by atoms with Crippen LogP contribution in [0.2, 0.25) is 0 Å². The smallest absolute Gasteiger partial charge is 0.263 e. The Kier molecular flexibility index (Phi) is 4.56. The molecule has 0 aliphatic carbocycles. The van der Waals surface area contributed by atoms with Gasteiger partial charge in [0.2, 0.25) is 0 Å². The Morgan fingerprint density at radius 1 is 1.20 bits per heavy atom. The first-order valence-corrected chi connectivity index (χ1v) is 8.02. The molecule has 1 aromatic heterocycles. The monoisotopic (exact) mass is 357 g/mol. The summed E-state index contributed by atoms with van der Waals surface area (Å²) in [6.45, 7) is 2.39. The summed E-state index contributed by atoms with van der Waals surface area (Å²) in [7, 11) is -3.68. The highest BCUT2D eigenvalue weighted by Crippen LogP contribution is 2.18. The van der Waals surface area contributed by atoms with Crippen molar-refractivity contribution in [2.75, 3.05) is 11.3 Å². The second-order valence-corrected chi connectivity index (χ2v) is 6.23. The maximum absolute atomic E-state index is 12.1. The molecule has 0 aliphatic heterocycles. The van der Waals surface area contributed by atoms with Gasteiger partial charge in [0.15, 0.2) is 5.82 Å². The fourth-order valence-corrected chi connectivity index (χ4v) is 2.64. The van der Waals surface area contributed by atoms with Gasteiger partial charge in [0, 0.05) is 0 Å². The summed E-state index contributed by atoms with van der Waals surface area (Å²) >= 11 is 3.13. The van der Waals surface area contributed by atoms with Crippen LogP contribution in [0.5, 0.6) is 5.75 Å². The van der Waals surface area contributed by atoms with Gasteiger partial charge < -0.3 is 4.74 Å². The lowest BCUT2D eigenvalue weighted by Crippen LogP contribution is -2.14. The predicted molar refractivity (Wildman–Crippen MR) is 78.2 cm³/mol. The van der Waals surface area contributed by atoms with Gasteiger partial charge in [-0.1, -0.05) is 0 Å². The lowest BCUT2D eigenvalue weighted by molar-refractivity contribution is 0.340. The highest BCUT2D eigenvalue weighted by molar-refractivity contribution is 9.10. The fourth-order valence-electron chi connectivity index (χ4n) is 1.44. The molecule has 1 N–H and O–H groups in total. The third-order valence-electron chi connectivity index (χ3n) is 2.30. The fraction of sp³-hybridized carbons (Fsp3) is 0.167. The number of benzene rings is 1. The molecule has 1 aromatic carbocycles. The summed E-state index contributed by atoms with van der Waals surface area (Å²) in [6.07, 6.45) is 2.74. The topological polar surface area (TPSA) is 81.2 Å². The van der Waals surface area contributed by atoms with Crippen LogP contribution in [-0.2, 0) is 10.0 Å². The van der Waals surface area contributed by atoms with E-state index in [-0.39, 0.29) is 10.7 Å². The second kappa shape index (κ2) is 6.19. The maximum Gasteiger partial charge on any atom is 0.263 e. The summed E-state index contributed by atoms with van der Waals surface area (Å²) < 4.78 is 32.4. The minimum atomic E-state index is -3.68. The molecule has 106 valence electrons. The maximum atomic E-state index is 12.1. The number of anilines is 1. The van der Waals surface area contributed by atoms with Crippen LogP contribution < -0.4 is 9.46 Å². The van der Waals surface area contributed by atoms with Gasteiger partial charge in [-0.2, -0.15) is 0 Å². The van der Waals surface area contributed by atoms with Crippen molar-refractivity contribution in [2.45, 2.75) is 11.8 Å². The largest absolute Gasteiger partial charge is 0.494 e. The summed E-state index contributed by atoms with van der Waals surface area (Å²) in [4.78, 5) is 7.94. The number of ether oxygens (including phenoxy) is 1. The van der Waals surface area contributed by atoms with E-state index in [1.165, 1.54) is 24.5 Å². The molecule has 0 atom stereocenters. The van der Waals surface area contributed by atoms with Crippen molar-refractivity contribution in [1.29, 1.82) is 0 Å². The molecule has 8 heteroatoms. The molecule has 0 saturated heterocycles. The Hall–Kier alpha value is -1.67. The van der Waals surface area contributed by atoms with Crippen LogP contribution in [0.3, 0.4) is 0 Å². The molecule has 6 nitrogen and oxygen atoms in total. The first kappa shape index (κ1) is 14.7. The standard InChI is InChI=1S/C12H12BrN3O3S/c1-2-19-9-3-5-10(6-4-9)20(17,18)16-12-8-14-11(13)7-15-12/h3-8H,2H2,1H3,(H,15,16). The average molecular weight is 358 g/mol. The van der Waals surface area contributed by atoms with Crippen LogP contribution >= 0.6 is 15.9 Å². The van der Waals surface area contributed by atoms with E-state index < -0.39 is 10.0 Å². The molecule has 1 heterocycles. The average Bonchev–Trinajstić information content (AvgIpc) is 2.42. The Balaban J connectivity index is 2.19. The quantitative estimate of drug-likeness (QED) is 0.888. The third-order valence-corrected chi connectivity index (χ3v) is 4.08. The van der Waals surface area contributed by atoms with E-state index in [1.54, 1.807) is 12.1 Å². The molecule has 20 heavy (non-hydrogen) atoms. The van der Waals surface area contributed by atoms with Crippen molar-refractivity contribution in [3.63, 3.8) is 0 Å². The van der Waals surface area contributed by atoms with Crippen LogP contribution in [0.25, 0.3) is 0 Å². The molecule has 2 aromatic rings. The van der Waals surface area contributed by atoms with E-state index in [4.69, 9.17) is 4.74 Å². The molecule has 0 bridgehead atoms. The first-order chi connectivity index (χ1) is 9.51. The van der Waals surface area contributed by atoms with Crippen molar-refractivity contribution >= 4 is 31.8 Å². The molecule has 2 rings (SSSR count). The zero-order valence-corrected chi connectivity index (χ0v) is 13.0. The van der Waals surface area contributed by atoms with Gasteiger partial charge >= 0.3 is 0 Å². The van der Waals surface area contributed by atoms with Crippen molar-refractivity contribution in [1.82, 2.24) is 9.97 Å². The molecule has 0 radical (unpaired) electrons. The summed E-state index contributed by atoms with van der Waals surface area (Å²) in [6, 6.07) is 6.15. The zero-order chi connectivity index (χ0) is 14.6. The normalized spacial score (nSPS) is 11.1. The van der Waals surface area contributed by atoms with Crippen molar-refractivity contribution in [2.24, 2.45) is 0 Å². The molecule has 0 saturated carbocycles. The van der Waals surface area contributed by atoms with Crippen LogP contribution in [0.1, 0.15) is 6.92 Å². The van der Waals surface area contributed by atoms with E-state index in [0.717, 1.165) is 0 Å². The molecule has 0 aliphatic rings. The molecular weight excluding hydrogens is 346 g/mol. The van der Waals surface area contributed by atoms with Crippen LogP contribution in [0.15, 0.2) is 46.2 Å². The molecule has 0 amide bonds. The number of nitrogens with zero attached hydrogens (tertiary/aromatic N) is 2. The zero-order valence-electron chi connectivity index (χ0n) is 10.6. The lowest BCUT2D eigenvalue weighted by atomic mass is 10.3. The van der Waals surface area contributed by atoms with Gasteiger partial charge in [-0.05, 0) is 47.1 Å². The van der Waals surface area contributed by atoms with Gasteiger partial charge in [0.25, 0.3) is 10.0 Å².